The average molecular weight is 368 g/mol. The molecule has 1 unspecified atom stereocenters. The molecule has 0 radical (unpaired) electrons. The first-order valence-corrected chi connectivity index (χ1v) is 8.27. The van der Waals surface area contributed by atoms with Gasteiger partial charge in [-0.2, -0.15) is 0 Å². The van der Waals surface area contributed by atoms with Gasteiger partial charge < -0.3 is 15.4 Å². The van der Waals surface area contributed by atoms with Crippen molar-refractivity contribution in [2.45, 2.75) is 26.9 Å². The topological polar surface area (TPSA) is 102 Å². The first kappa shape index (κ1) is 19.8. The van der Waals surface area contributed by atoms with Crippen LogP contribution in [0.5, 0.6) is 0 Å². The summed E-state index contributed by atoms with van der Waals surface area (Å²) < 4.78 is 5.17. The Balaban J connectivity index is 2.00. The molecule has 2 N–H and O–H groups in total. The van der Waals surface area contributed by atoms with Gasteiger partial charge in [0.05, 0.1) is 11.3 Å². The molecule has 7 nitrogen and oxygen atoms in total. The molecular formula is C20H20N2O5. The maximum absolute atomic E-state index is 12.3. The fourth-order valence-electron chi connectivity index (χ4n) is 2.31. The Labute approximate surface area is 156 Å². The van der Waals surface area contributed by atoms with E-state index in [0.29, 0.717) is 16.9 Å². The SMILES string of the molecule is CC(=O)Nc1ccc(C(=O)OC(C)C(=O)Nc2ccccc2C(C)=O)cc1. The highest BCUT2D eigenvalue weighted by atomic mass is 16.5. The monoisotopic (exact) mass is 368 g/mol. The number of hydrogen-bond donors (Lipinski definition) is 2. The normalized spacial score (nSPS) is 11.2. The maximum Gasteiger partial charge on any atom is 0.338 e. The van der Waals surface area contributed by atoms with E-state index < -0.39 is 18.0 Å². The van der Waals surface area contributed by atoms with Crippen molar-refractivity contribution in [3.8, 4) is 0 Å². The summed E-state index contributed by atoms with van der Waals surface area (Å²) in [6.45, 7) is 4.22. The van der Waals surface area contributed by atoms with Gasteiger partial charge in [0.2, 0.25) is 5.91 Å². The highest BCUT2D eigenvalue weighted by molar-refractivity contribution is 6.05. The number of ketones is 1. The molecule has 2 rings (SSSR count). The predicted molar refractivity (Wildman–Crippen MR) is 101 cm³/mol. The van der Waals surface area contributed by atoms with E-state index in [1.54, 1.807) is 36.4 Å². The fourth-order valence-corrected chi connectivity index (χ4v) is 2.31. The Bertz CT molecular complexity index is 874. The first-order chi connectivity index (χ1) is 12.8. The lowest BCUT2D eigenvalue weighted by atomic mass is 10.1. The molecule has 27 heavy (non-hydrogen) atoms. The second-order valence-electron chi connectivity index (χ2n) is 5.90. The predicted octanol–water partition coefficient (Wildman–Crippen LogP) is 3.03. The van der Waals surface area contributed by atoms with Crippen molar-refractivity contribution in [3.05, 3.63) is 59.7 Å². The van der Waals surface area contributed by atoms with Gasteiger partial charge >= 0.3 is 5.97 Å². The van der Waals surface area contributed by atoms with E-state index >= 15 is 0 Å². The number of ether oxygens (including phenoxy) is 1. The second-order valence-corrected chi connectivity index (χ2v) is 5.90. The molecule has 0 heterocycles. The summed E-state index contributed by atoms with van der Waals surface area (Å²) in [4.78, 5) is 47.1. The van der Waals surface area contributed by atoms with Gasteiger partial charge in [0.25, 0.3) is 5.91 Å². The number of Topliss-reactive ketones (excluding diaryl/α,β-unsaturated/α-hetero) is 1. The number of rotatable bonds is 6. The fraction of sp³-hybridized carbons (Fsp3) is 0.200. The number of carbonyl (C=O) groups is 4. The Morgan fingerprint density at radius 3 is 2.11 bits per heavy atom. The van der Waals surface area contributed by atoms with Crippen LogP contribution in [0.2, 0.25) is 0 Å². The zero-order chi connectivity index (χ0) is 20.0. The molecule has 7 heteroatoms. The molecule has 0 fully saturated rings. The highest BCUT2D eigenvalue weighted by Gasteiger charge is 2.20. The minimum Gasteiger partial charge on any atom is -0.449 e. The van der Waals surface area contributed by atoms with Crippen molar-refractivity contribution in [3.63, 3.8) is 0 Å². The van der Waals surface area contributed by atoms with Crippen molar-refractivity contribution in [1.29, 1.82) is 0 Å². The van der Waals surface area contributed by atoms with Crippen LogP contribution in [0.25, 0.3) is 0 Å². The molecule has 0 bridgehead atoms. The van der Waals surface area contributed by atoms with Crippen LogP contribution in [0.15, 0.2) is 48.5 Å². The minimum absolute atomic E-state index is 0.185. The summed E-state index contributed by atoms with van der Waals surface area (Å²) in [6.07, 6.45) is -1.06. The summed E-state index contributed by atoms with van der Waals surface area (Å²) in [7, 11) is 0. The molecule has 0 saturated carbocycles. The van der Waals surface area contributed by atoms with Gasteiger partial charge in [-0.15, -0.1) is 0 Å². The van der Waals surface area contributed by atoms with E-state index in [0.717, 1.165) is 0 Å². The molecule has 0 aliphatic heterocycles. The van der Waals surface area contributed by atoms with E-state index in [-0.39, 0.29) is 17.3 Å². The number of anilines is 2. The van der Waals surface area contributed by atoms with Crippen LogP contribution in [0.4, 0.5) is 11.4 Å². The number of benzene rings is 2. The molecule has 2 amide bonds. The van der Waals surface area contributed by atoms with Crippen LogP contribution < -0.4 is 10.6 Å². The highest BCUT2D eigenvalue weighted by Crippen LogP contribution is 2.17. The Morgan fingerprint density at radius 2 is 1.52 bits per heavy atom. The average Bonchev–Trinajstić information content (AvgIpc) is 2.61. The minimum atomic E-state index is -1.06. The zero-order valence-corrected chi connectivity index (χ0v) is 15.2. The van der Waals surface area contributed by atoms with E-state index in [4.69, 9.17) is 4.74 Å². The number of esters is 1. The Hall–Kier alpha value is -3.48. The lowest BCUT2D eigenvalue weighted by molar-refractivity contribution is -0.123. The molecular weight excluding hydrogens is 348 g/mol. The quantitative estimate of drug-likeness (QED) is 0.603. The van der Waals surface area contributed by atoms with Gasteiger partial charge in [-0.3, -0.25) is 14.4 Å². The largest absolute Gasteiger partial charge is 0.449 e. The second kappa shape index (κ2) is 8.75. The number of amides is 2. The Kier molecular flexibility index (Phi) is 6.43. The molecule has 0 aliphatic carbocycles. The number of nitrogens with one attached hydrogen (secondary N) is 2. The number of hydrogen-bond acceptors (Lipinski definition) is 5. The summed E-state index contributed by atoms with van der Waals surface area (Å²) in [6, 6.07) is 12.7. The van der Waals surface area contributed by atoms with Crippen LogP contribution >= 0.6 is 0 Å². The van der Waals surface area contributed by atoms with Gasteiger partial charge in [-0.25, -0.2) is 4.79 Å². The maximum atomic E-state index is 12.3. The number of para-hydroxylation sites is 1. The van der Waals surface area contributed by atoms with E-state index in [2.05, 4.69) is 10.6 Å². The molecule has 0 aliphatic rings. The van der Waals surface area contributed by atoms with Crippen LogP contribution in [-0.2, 0) is 14.3 Å². The van der Waals surface area contributed by atoms with Crippen molar-refractivity contribution < 1.29 is 23.9 Å². The molecule has 2 aromatic carbocycles. The smallest absolute Gasteiger partial charge is 0.338 e. The Morgan fingerprint density at radius 1 is 0.889 bits per heavy atom. The molecule has 1 atom stereocenters. The third-order valence-corrected chi connectivity index (χ3v) is 3.66. The molecule has 2 aromatic rings. The van der Waals surface area contributed by atoms with Crippen molar-refractivity contribution in [1.82, 2.24) is 0 Å². The molecule has 0 spiro atoms. The van der Waals surface area contributed by atoms with Gasteiger partial charge in [0.15, 0.2) is 11.9 Å². The van der Waals surface area contributed by atoms with Gasteiger partial charge in [0.1, 0.15) is 0 Å². The van der Waals surface area contributed by atoms with Gasteiger partial charge in [0, 0.05) is 18.2 Å². The molecule has 0 aromatic heterocycles. The van der Waals surface area contributed by atoms with Gasteiger partial charge in [-0.1, -0.05) is 12.1 Å². The number of carbonyl (C=O) groups excluding carboxylic acids is 4. The summed E-state index contributed by atoms with van der Waals surface area (Å²) >= 11 is 0. The standard InChI is InChI=1S/C20H20N2O5/c1-12(23)17-6-4-5-7-18(17)22-19(25)13(2)27-20(26)15-8-10-16(11-9-15)21-14(3)24/h4-11,13H,1-3H3,(H,21,24)(H,22,25). The van der Waals surface area contributed by atoms with Crippen molar-refractivity contribution in [2.24, 2.45) is 0 Å². The van der Waals surface area contributed by atoms with Crippen LogP contribution in [0.3, 0.4) is 0 Å². The summed E-state index contributed by atoms with van der Waals surface area (Å²) in [5.41, 5.74) is 1.52. The van der Waals surface area contributed by atoms with Crippen molar-refractivity contribution in [2.75, 3.05) is 10.6 Å². The van der Waals surface area contributed by atoms with Crippen LogP contribution in [0, 0.1) is 0 Å². The van der Waals surface area contributed by atoms with Crippen LogP contribution in [-0.4, -0.2) is 29.7 Å². The molecule has 0 saturated heterocycles. The van der Waals surface area contributed by atoms with Crippen LogP contribution in [0.1, 0.15) is 41.5 Å². The molecule has 140 valence electrons. The van der Waals surface area contributed by atoms with Crippen molar-refractivity contribution >= 4 is 34.9 Å². The summed E-state index contributed by atoms with van der Waals surface area (Å²) in [5, 5.41) is 5.18. The first-order valence-electron chi connectivity index (χ1n) is 8.27. The van der Waals surface area contributed by atoms with Gasteiger partial charge in [-0.05, 0) is 50.2 Å². The van der Waals surface area contributed by atoms with E-state index in [1.807, 2.05) is 0 Å². The third kappa shape index (κ3) is 5.50. The third-order valence-electron chi connectivity index (χ3n) is 3.66. The van der Waals surface area contributed by atoms with E-state index in [9.17, 15) is 19.2 Å². The zero-order valence-electron chi connectivity index (χ0n) is 15.2. The summed E-state index contributed by atoms with van der Waals surface area (Å²) in [5.74, 6) is -1.63. The van der Waals surface area contributed by atoms with E-state index in [1.165, 1.54) is 32.9 Å². The lowest BCUT2D eigenvalue weighted by Gasteiger charge is -2.15. The lowest BCUT2D eigenvalue weighted by Crippen LogP contribution is -2.30.